The summed E-state index contributed by atoms with van der Waals surface area (Å²) in [6, 6.07) is 9.74. The molecule has 2 aromatic rings. The molecule has 1 aromatic heterocycles. The fourth-order valence-corrected chi connectivity index (χ4v) is 2.27. The summed E-state index contributed by atoms with van der Waals surface area (Å²) in [5.74, 6) is -0.407. The quantitative estimate of drug-likeness (QED) is 0.859. The minimum Gasteiger partial charge on any atom is -0.477 e. The van der Waals surface area contributed by atoms with Crippen LogP contribution in [0, 0.1) is 0 Å². The molecule has 0 aliphatic carbocycles. The summed E-state index contributed by atoms with van der Waals surface area (Å²) in [7, 11) is 0. The third kappa shape index (κ3) is 2.84. The van der Waals surface area contributed by atoms with Crippen molar-refractivity contribution in [1.82, 2.24) is 10.2 Å². The summed E-state index contributed by atoms with van der Waals surface area (Å²) in [4.78, 5) is 10.8. The monoisotopic (exact) mass is 258 g/mol. The maximum absolute atomic E-state index is 10.8. The highest BCUT2D eigenvalue weighted by Gasteiger charge is 2.10. The van der Waals surface area contributed by atoms with Crippen LogP contribution in [0.25, 0.3) is 11.3 Å². The Morgan fingerprint density at radius 3 is 2.37 bits per heavy atom. The Labute approximate surface area is 112 Å². The van der Waals surface area contributed by atoms with Gasteiger partial charge in [0.2, 0.25) is 0 Å². The Hall–Kier alpha value is -2.10. The van der Waals surface area contributed by atoms with Gasteiger partial charge in [0.05, 0.1) is 5.69 Å². The number of aromatic amines is 1. The molecule has 0 saturated carbocycles. The van der Waals surface area contributed by atoms with E-state index in [2.05, 4.69) is 36.2 Å². The summed E-state index contributed by atoms with van der Waals surface area (Å²) in [6.45, 7) is 4.38. The van der Waals surface area contributed by atoms with Crippen molar-refractivity contribution in [1.29, 1.82) is 0 Å². The molecule has 1 heterocycles. The lowest BCUT2D eigenvalue weighted by atomic mass is 9.93. The number of nitrogens with zero attached hydrogens (tertiary/aromatic N) is 1. The molecule has 0 aliphatic rings. The number of nitrogens with one attached hydrogen (secondary N) is 1. The van der Waals surface area contributed by atoms with Gasteiger partial charge in [-0.3, -0.25) is 5.10 Å². The lowest BCUT2D eigenvalue weighted by molar-refractivity contribution is 0.0690. The van der Waals surface area contributed by atoms with E-state index in [0.717, 1.165) is 18.4 Å². The van der Waals surface area contributed by atoms with Crippen LogP contribution in [0.2, 0.25) is 0 Å². The van der Waals surface area contributed by atoms with Crippen LogP contribution in [0.4, 0.5) is 0 Å². The molecule has 0 amide bonds. The molecule has 0 fully saturated rings. The van der Waals surface area contributed by atoms with Gasteiger partial charge in [-0.25, -0.2) is 4.79 Å². The minimum absolute atomic E-state index is 0.110. The number of benzene rings is 1. The number of hydrogen-bond donors (Lipinski definition) is 2. The van der Waals surface area contributed by atoms with E-state index in [1.165, 1.54) is 5.56 Å². The van der Waals surface area contributed by atoms with E-state index >= 15 is 0 Å². The SMILES string of the molecule is CCC(CC)c1ccc(-c2cc(C(=O)O)[nH]n2)cc1. The summed E-state index contributed by atoms with van der Waals surface area (Å²) < 4.78 is 0. The molecule has 0 atom stereocenters. The molecule has 2 N–H and O–H groups in total. The number of hydrogen-bond acceptors (Lipinski definition) is 2. The van der Waals surface area contributed by atoms with Gasteiger partial charge in [-0.2, -0.15) is 5.10 Å². The number of aromatic nitrogens is 2. The second-order valence-corrected chi connectivity index (χ2v) is 4.61. The Morgan fingerprint density at radius 1 is 1.26 bits per heavy atom. The third-order valence-electron chi connectivity index (χ3n) is 3.47. The van der Waals surface area contributed by atoms with E-state index in [1.807, 2.05) is 12.1 Å². The molecule has 4 nitrogen and oxygen atoms in total. The van der Waals surface area contributed by atoms with Gasteiger partial charge < -0.3 is 5.11 Å². The van der Waals surface area contributed by atoms with Crippen molar-refractivity contribution in [2.45, 2.75) is 32.6 Å². The van der Waals surface area contributed by atoms with Crippen LogP contribution in [-0.2, 0) is 0 Å². The molecule has 1 aromatic carbocycles. The highest BCUT2D eigenvalue weighted by Crippen LogP contribution is 2.25. The van der Waals surface area contributed by atoms with Gasteiger partial charge >= 0.3 is 5.97 Å². The molecule has 0 unspecified atom stereocenters. The Bertz CT molecular complexity index is 554. The van der Waals surface area contributed by atoms with Crippen LogP contribution >= 0.6 is 0 Å². The molecule has 0 aliphatic heterocycles. The Morgan fingerprint density at radius 2 is 1.89 bits per heavy atom. The average molecular weight is 258 g/mol. The highest BCUT2D eigenvalue weighted by molar-refractivity contribution is 5.86. The fraction of sp³-hybridized carbons (Fsp3) is 0.333. The number of aromatic carboxylic acids is 1. The first-order valence-corrected chi connectivity index (χ1v) is 6.54. The first-order valence-electron chi connectivity index (χ1n) is 6.54. The van der Waals surface area contributed by atoms with E-state index < -0.39 is 5.97 Å². The minimum atomic E-state index is -0.993. The van der Waals surface area contributed by atoms with E-state index in [9.17, 15) is 4.79 Å². The zero-order chi connectivity index (χ0) is 13.8. The molecular weight excluding hydrogens is 240 g/mol. The molecule has 19 heavy (non-hydrogen) atoms. The molecular formula is C15H18N2O2. The van der Waals surface area contributed by atoms with Crippen molar-refractivity contribution in [3.63, 3.8) is 0 Å². The molecule has 4 heteroatoms. The van der Waals surface area contributed by atoms with Crippen molar-refractivity contribution in [3.8, 4) is 11.3 Å². The average Bonchev–Trinajstić information content (AvgIpc) is 2.91. The van der Waals surface area contributed by atoms with E-state index in [1.54, 1.807) is 6.07 Å². The van der Waals surface area contributed by atoms with Gasteiger partial charge in [0, 0.05) is 5.56 Å². The highest BCUT2D eigenvalue weighted by atomic mass is 16.4. The van der Waals surface area contributed by atoms with E-state index in [-0.39, 0.29) is 5.69 Å². The van der Waals surface area contributed by atoms with Gasteiger partial charge in [-0.1, -0.05) is 38.1 Å². The van der Waals surface area contributed by atoms with Crippen LogP contribution in [0.15, 0.2) is 30.3 Å². The van der Waals surface area contributed by atoms with Crippen LogP contribution in [0.5, 0.6) is 0 Å². The Kier molecular flexibility index (Phi) is 4.00. The number of carbonyl (C=O) groups is 1. The lowest BCUT2D eigenvalue weighted by Gasteiger charge is -2.12. The molecule has 0 bridgehead atoms. The number of H-pyrrole nitrogens is 1. The predicted molar refractivity (Wildman–Crippen MR) is 74.3 cm³/mol. The molecule has 100 valence electrons. The van der Waals surface area contributed by atoms with Gasteiger partial charge in [0.25, 0.3) is 0 Å². The molecule has 0 radical (unpaired) electrons. The zero-order valence-corrected chi connectivity index (χ0v) is 11.2. The number of carboxylic acids is 1. The molecule has 2 rings (SSSR count). The standard InChI is InChI=1S/C15H18N2O2/c1-3-10(4-2)11-5-7-12(8-6-11)13-9-14(15(18)19)17-16-13/h5-10H,3-4H2,1-2H3,(H,16,17)(H,18,19). The van der Waals surface area contributed by atoms with Gasteiger partial charge in [0.1, 0.15) is 5.69 Å². The maximum atomic E-state index is 10.8. The number of carboxylic acid groups (broad SMARTS) is 1. The smallest absolute Gasteiger partial charge is 0.353 e. The first-order chi connectivity index (χ1) is 9.15. The van der Waals surface area contributed by atoms with Crippen molar-refractivity contribution in [2.24, 2.45) is 0 Å². The first kappa shape index (κ1) is 13.3. The van der Waals surface area contributed by atoms with Gasteiger partial charge in [0.15, 0.2) is 0 Å². The van der Waals surface area contributed by atoms with Crippen LogP contribution in [0.3, 0.4) is 0 Å². The fourth-order valence-electron chi connectivity index (χ4n) is 2.27. The van der Waals surface area contributed by atoms with Crippen LogP contribution in [-0.4, -0.2) is 21.3 Å². The van der Waals surface area contributed by atoms with Crippen LogP contribution < -0.4 is 0 Å². The summed E-state index contributed by atoms with van der Waals surface area (Å²) in [5, 5.41) is 15.4. The van der Waals surface area contributed by atoms with Crippen molar-refractivity contribution in [3.05, 3.63) is 41.6 Å². The Balaban J connectivity index is 2.24. The lowest BCUT2D eigenvalue weighted by Crippen LogP contribution is -1.95. The molecule has 0 spiro atoms. The van der Waals surface area contributed by atoms with Gasteiger partial charge in [-0.15, -0.1) is 0 Å². The second kappa shape index (κ2) is 5.69. The zero-order valence-electron chi connectivity index (χ0n) is 11.2. The van der Waals surface area contributed by atoms with Crippen LogP contribution in [0.1, 0.15) is 48.7 Å². The van der Waals surface area contributed by atoms with Crippen molar-refractivity contribution in [2.75, 3.05) is 0 Å². The maximum Gasteiger partial charge on any atom is 0.353 e. The topological polar surface area (TPSA) is 66.0 Å². The summed E-state index contributed by atoms with van der Waals surface area (Å²) in [6.07, 6.45) is 2.25. The van der Waals surface area contributed by atoms with Gasteiger partial charge in [-0.05, 0) is 30.4 Å². The predicted octanol–water partition coefficient (Wildman–Crippen LogP) is 3.68. The normalized spacial score (nSPS) is 10.9. The van der Waals surface area contributed by atoms with E-state index in [0.29, 0.717) is 11.6 Å². The number of rotatable bonds is 5. The van der Waals surface area contributed by atoms with E-state index in [4.69, 9.17) is 5.11 Å². The third-order valence-corrected chi connectivity index (χ3v) is 3.47. The van der Waals surface area contributed by atoms with Crippen molar-refractivity contribution >= 4 is 5.97 Å². The van der Waals surface area contributed by atoms with Crippen molar-refractivity contribution < 1.29 is 9.90 Å². The largest absolute Gasteiger partial charge is 0.477 e. The summed E-state index contributed by atoms with van der Waals surface area (Å²) >= 11 is 0. The summed E-state index contributed by atoms with van der Waals surface area (Å²) in [5.41, 5.74) is 3.02. The molecule has 0 saturated heterocycles. The second-order valence-electron chi connectivity index (χ2n) is 4.61.